The maximum absolute atomic E-state index is 12.0. The fourth-order valence-corrected chi connectivity index (χ4v) is 6.16. The van der Waals surface area contributed by atoms with Crippen molar-refractivity contribution < 1.29 is 9.53 Å². The molecule has 0 radical (unpaired) electrons. The number of H-pyrrole nitrogens is 1. The number of carbonyl (C=O) groups is 1. The van der Waals surface area contributed by atoms with Gasteiger partial charge in [-0.2, -0.15) is 0 Å². The number of carbonyl (C=O) groups excluding carboxylic acids is 1. The van der Waals surface area contributed by atoms with Crippen LogP contribution in [0.15, 0.2) is 54.7 Å². The van der Waals surface area contributed by atoms with E-state index >= 15 is 0 Å². The molecule has 1 amide bonds. The van der Waals surface area contributed by atoms with E-state index in [1.807, 2.05) is 35.2 Å². The molecule has 3 aromatic rings. The Hall–Kier alpha value is -2.87. The summed E-state index contributed by atoms with van der Waals surface area (Å²) in [7, 11) is 1.66. The summed E-state index contributed by atoms with van der Waals surface area (Å²) in [6, 6.07) is 17.0. The zero-order valence-corrected chi connectivity index (χ0v) is 24.6. The highest BCUT2D eigenvalue weighted by atomic mass is 16.5. The van der Waals surface area contributed by atoms with Crippen molar-refractivity contribution in [2.45, 2.75) is 64.5 Å². The van der Waals surface area contributed by atoms with Crippen LogP contribution in [-0.2, 0) is 17.8 Å². The Morgan fingerprint density at radius 2 is 1.73 bits per heavy atom. The number of aryl methyl sites for hydroxylation is 1. The fraction of sp³-hybridized carbons (Fsp3) is 0.545. The lowest BCUT2D eigenvalue weighted by Crippen LogP contribution is -2.47. The summed E-state index contributed by atoms with van der Waals surface area (Å²) in [5, 5.41) is 1.27. The van der Waals surface area contributed by atoms with Crippen LogP contribution < -0.4 is 10.5 Å². The van der Waals surface area contributed by atoms with Gasteiger partial charge in [0.15, 0.2) is 0 Å². The van der Waals surface area contributed by atoms with Crippen LogP contribution in [-0.4, -0.2) is 84.6 Å². The number of rotatable bonds is 10. The van der Waals surface area contributed by atoms with Crippen LogP contribution >= 0.6 is 0 Å². The van der Waals surface area contributed by atoms with Crippen LogP contribution in [0.2, 0.25) is 0 Å². The number of likely N-dealkylation sites (tertiary alicyclic amines) is 2. The van der Waals surface area contributed by atoms with Crippen LogP contribution in [0.1, 0.15) is 56.6 Å². The highest BCUT2D eigenvalue weighted by Gasteiger charge is 2.25. The summed E-state index contributed by atoms with van der Waals surface area (Å²) in [6.07, 6.45) is 11.0. The lowest BCUT2D eigenvalue weighted by Gasteiger charge is -2.40. The Labute approximate surface area is 240 Å². The van der Waals surface area contributed by atoms with Gasteiger partial charge in [-0.05, 0) is 82.4 Å². The Morgan fingerprint density at radius 1 is 1.00 bits per heavy atom. The number of nitrogens with one attached hydrogen (secondary N) is 1. The first-order valence-corrected chi connectivity index (χ1v) is 15.2. The molecular weight excluding hydrogens is 498 g/mol. The summed E-state index contributed by atoms with van der Waals surface area (Å²) >= 11 is 0. The molecule has 2 aromatic carbocycles. The molecule has 2 aliphatic heterocycles. The lowest BCUT2D eigenvalue weighted by molar-refractivity contribution is -0.129. The zero-order chi connectivity index (χ0) is 28.2. The van der Waals surface area contributed by atoms with Crippen molar-refractivity contribution in [3.8, 4) is 5.75 Å². The summed E-state index contributed by atoms with van der Waals surface area (Å²) in [5.74, 6) is 0.912. The maximum Gasteiger partial charge on any atom is 0.219 e. The second-order valence-corrected chi connectivity index (χ2v) is 11.2. The molecule has 2 fully saturated rings. The van der Waals surface area contributed by atoms with Gasteiger partial charge in [0.25, 0.3) is 0 Å². The number of hydrogen-bond donors (Lipinski definition) is 2. The van der Waals surface area contributed by atoms with Gasteiger partial charge in [0.2, 0.25) is 5.91 Å². The number of benzene rings is 2. The topological polar surface area (TPSA) is 77.8 Å². The van der Waals surface area contributed by atoms with E-state index in [0.29, 0.717) is 6.54 Å². The second kappa shape index (κ2) is 15.8. The van der Waals surface area contributed by atoms with Crippen LogP contribution in [0.25, 0.3) is 10.9 Å². The van der Waals surface area contributed by atoms with Gasteiger partial charge < -0.3 is 30.2 Å². The zero-order valence-electron chi connectivity index (χ0n) is 24.6. The van der Waals surface area contributed by atoms with Gasteiger partial charge in [-0.25, -0.2) is 0 Å². The molecule has 2 saturated heterocycles. The summed E-state index contributed by atoms with van der Waals surface area (Å²) in [5.41, 5.74) is 9.08. The third kappa shape index (κ3) is 8.56. The first-order chi connectivity index (χ1) is 19.6. The largest absolute Gasteiger partial charge is 0.496 e. The Balaban J connectivity index is 0.000000210. The highest BCUT2D eigenvalue weighted by Crippen LogP contribution is 2.22. The van der Waals surface area contributed by atoms with E-state index in [1.165, 1.54) is 69.2 Å². The van der Waals surface area contributed by atoms with Crippen molar-refractivity contribution in [2.24, 2.45) is 5.73 Å². The Kier molecular flexibility index (Phi) is 11.9. The number of piperidine rings is 2. The number of para-hydroxylation sites is 2. The van der Waals surface area contributed by atoms with Gasteiger partial charge in [-0.1, -0.05) is 42.8 Å². The predicted molar refractivity (Wildman–Crippen MR) is 165 cm³/mol. The van der Waals surface area contributed by atoms with Gasteiger partial charge in [0.05, 0.1) is 7.11 Å². The van der Waals surface area contributed by atoms with Gasteiger partial charge in [-0.15, -0.1) is 0 Å². The van der Waals surface area contributed by atoms with Crippen molar-refractivity contribution in [1.82, 2.24) is 19.7 Å². The molecule has 2 aliphatic rings. The van der Waals surface area contributed by atoms with Crippen molar-refractivity contribution >= 4 is 16.8 Å². The number of aromatic nitrogens is 1. The smallest absolute Gasteiger partial charge is 0.219 e. The summed E-state index contributed by atoms with van der Waals surface area (Å²) in [6.45, 7) is 10.1. The number of nitrogens with zero attached hydrogens (tertiary/aromatic N) is 3. The van der Waals surface area contributed by atoms with Gasteiger partial charge in [0, 0.05) is 61.8 Å². The van der Waals surface area contributed by atoms with E-state index < -0.39 is 0 Å². The molecule has 0 unspecified atom stereocenters. The number of nitrogens with two attached hydrogens (primary N) is 1. The molecule has 7 heteroatoms. The molecule has 3 heterocycles. The normalized spacial score (nSPS) is 16.9. The number of hydrogen-bond acceptors (Lipinski definition) is 5. The van der Waals surface area contributed by atoms with Gasteiger partial charge in [-0.3, -0.25) is 4.79 Å². The van der Waals surface area contributed by atoms with E-state index in [2.05, 4.69) is 39.2 Å². The Morgan fingerprint density at radius 3 is 2.45 bits per heavy atom. The van der Waals surface area contributed by atoms with Gasteiger partial charge in [0.1, 0.15) is 5.75 Å². The minimum absolute atomic E-state index is 0.0878. The van der Waals surface area contributed by atoms with Crippen LogP contribution in [0, 0.1) is 0 Å². The van der Waals surface area contributed by atoms with Crippen LogP contribution in [0.5, 0.6) is 5.75 Å². The van der Waals surface area contributed by atoms with Crippen molar-refractivity contribution in [3.63, 3.8) is 0 Å². The minimum Gasteiger partial charge on any atom is -0.496 e. The molecule has 218 valence electrons. The van der Waals surface area contributed by atoms with E-state index in [0.717, 1.165) is 55.3 Å². The molecule has 0 aliphatic carbocycles. The number of fused-ring (bicyclic) bond motifs is 1. The van der Waals surface area contributed by atoms with E-state index in [-0.39, 0.29) is 5.91 Å². The quantitative estimate of drug-likeness (QED) is 0.371. The van der Waals surface area contributed by atoms with E-state index in [4.69, 9.17) is 10.5 Å². The number of methoxy groups -OCH3 is 1. The Bertz CT molecular complexity index is 1160. The third-order valence-corrected chi connectivity index (χ3v) is 8.46. The van der Waals surface area contributed by atoms with Crippen molar-refractivity contribution in [1.29, 1.82) is 0 Å². The maximum atomic E-state index is 12.0. The van der Waals surface area contributed by atoms with E-state index in [1.54, 1.807) is 14.0 Å². The molecule has 1 aromatic heterocycles. The molecule has 7 nitrogen and oxygen atoms in total. The van der Waals surface area contributed by atoms with Crippen LogP contribution in [0.3, 0.4) is 0 Å². The molecule has 0 saturated carbocycles. The average Bonchev–Trinajstić information content (AvgIpc) is 3.41. The molecule has 3 N–H and O–H groups in total. The number of aromatic amines is 1. The molecule has 0 atom stereocenters. The summed E-state index contributed by atoms with van der Waals surface area (Å²) < 4.78 is 5.40. The minimum atomic E-state index is 0.0878. The summed E-state index contributed by atoms with van der Waals surface area (Å²) in [4.78, 5) is 22.5. The first-order valence-electron chi connectivity index (χ1n) is 15.2. The molecule has 0 bridgehead atoms. The number of ether oxygens (including phenoxy) is 1. The standard InChI is InChI=1S/C21H24N2O2.C12H25N3/c1-16(24)23(15-18-8-3-6-12-21(18)25-2)13-7-9-17-14-22-20-11-5-4-10-19(17)20;13-6-11-14-9-4-12(5-10-14)15-7-2-1-3-8-15/h3-6,8,10-12,14,22H,7,9,13,15H2,1-2H3;12H,1-11,13H2. The molecular formula is C33H49N5O2. The second-order valence-electron chi connectivity index (χ2n) is 11.2. The van der Waals surface area contributed by atoms with Crippen LogP contribution in [0.4, 0.5) is 0 Å². The number of amides is 1. The fourth-order valence-electron chi connectivity index (χ4n) is 6.16. The van der Waals surface area contributed by atoms with E-state index in [9.17, 15) is 4.79 Å². The van der Waals surface area contributed by atoms with Crippen molar-refractivity contribution in [2.75, 3.05) is 52.9 Å². The van der Waals surface area contributed by atoms with Crippen molar-refractivity contribution in [3.05, 3.63) is 65.9 Å². The molecule has 40 heavy (non-hydrogen) atoms. The predicted octanol–water partition coefficient (Wildman–Crippen LogP) is 5.05. The molecule has 5 rings (SSSR count). The molecule has 0 spiro atoms. The third-order valence-electron chi connectivity index (χ3n) is 8.46. The monoisotopic (exact) mass is 547 g/mol. The first kappa shape index (κ1) is 30.1. The lowest BCUT2D eigenvalue weighted by atomic mass is 10.00. The SMILES string of the molecule is COc1ccccc1CN(CCCc1c[nH]c2ccccc12)C(C)=O.NCCN1CCC(N2CCCCC2)CC1. The highest BCUT2D eigenvalue weighted by molar-refractivity contribution is 5.83. The van der Waals surface area contributed by atoms with Gasteiger partial charge >= 0.3 is 0 Å². The average molecular weight is 548 g/mol.